The van der Waals surface area contributed by atoms with Gasteiger partial charge >= 0.3 is 24.4 Å². The zero-order valence-electron chi connectivity index (χ0n) is 20.4. The molecule has 1 amide bonds. The Morgan fingerprint density at radius 1 is 1.05 bits per heavy atom. The van der Waals surface area contributed by atoms with Gasteiger partial charge in [0.05, 0.1) is 25.1 Å². The minimum atomic E-state index is -4.94. The summed E-state index contributed by atoms with van der Waals surface area (Å²) in [6, 6.07) is 10.1. The molecule has 0 radical (unpaired) electrons. The van der Waals surface area contributed by atoms with Crippen LogP contribution >= 0.6 is 0 Å². The van der Waals surface area contributed by atoms with Crippen LogP contribution in [0.4, 0.5) is 18.0 Å². The maximum absolute atomic E-state index is 12.8. The Bertz CT molecular complexity index is 1330. The summed E-state index contributed by atoms with van der Waals surface area (Å²) >= 11 is 0. The fourth-order valence-corrected chi connectivity index (χ4v) is 3.65. The molecular weight excluding hydrogens is 497 g/mol. The first-order valence-corrected chi connectivity index (χ1v) is 11.0. The Hall–Kier alpha value is -4.22. The lowest BCUT2D eigenvalue weighted by Crippen LogP contribution is -2.36. The third-order valence-electron chi connectivity index (χ3n) is 5.05. The minimum Gasteiger partial charge on any atom is -0.477 e. The number of carboxylic acid groups (broad SMARTS) is 1. The lowest BCUT2D eigenvalue weighted by atomic mass is 10.0. The van der Waals surface area contributed by atoms with Gasteiger partial charge in [0.1, 0.15) is 17.0 Å². The molecule has 2 N–H and O–H groups in total. The van der Waals surface area contributed by atoms with Crippen LogP contribution in [0.5, 0.6) is 5.75 Å². The number of halogens is 3. The van der Waals surface area contributed by atoms with Crippen molar-refractivity contribution < 1.29 is 46.9 Å². The quantitative estimate of drug-likeness (QED) is 0.402. The molecule has 0 aliphatic rings. The van der Waals surface area contributed by atoms with Crippen molar-refractivity contribution in [1.82, 2.24) is 9.88 Å². The molecule has 0 unspecified atom stereocenters. The average molecular weight is 522 g/mol. The average Bonchev–Trinajstić information content (AvgIpc) is 3.15. The minimum absolute atomic E-state index is 0.140. The normalized spacial score (nSPS) is 12.6. The summed E-state index contributed by atoms with van der Waals surface area (Å²) in [5, 5.41) is 12.7. The molecule has 0 bridgehead atoms. The standard InChI is InChI=1S/C25H25F3N2O7/c1-24(2,3)37-23(34)29-18(13-21(31)35-4)14-6-5-7-16(10-14)30-19-12-17(36-25(26,27)28)9-8-15(19)11-20(30)22(32)33/h5-12,18H,13H2,1-4H3,(H,29,34)(H,32,33)/t18-/m1/s1. The second-order valence-corrected chi connectivity index (χ2v) is 9.01. The van der Waals surface area contributed by atoms with Crippen LogP contribution in [0.2, 0.25) is 0 Å². The number of amides is 1. The summed E-state index contributed by atoms with van der Waals surface area (Å²) in [6.07, 6.45) is -5.99. The van der Waals surface area contributed by atoms with Gasteiger partial charge in [-0.1, -0.05) is 12.1 Å². The zero-order valence-corrected chi connectivity index (χ0v) is 20.4. The van der Waals surface area contributed by atoms with Gasteiger partial charge < -0.3 is 29.2 Å². The van der Waals surface area contributed by atoms with Crippen LogP contribution in [-0.2, 0) is 14.3 Å². The number of alkyl halides is 3. The summed E-state index contributed by atoms with van der Waals surface area (Å²) < 4.78 is 53.6. The van der Waals surface area contributed by atoms with E-state index in [1.54, 1.807) is 32.9 Å². The predicted octanol–water partition coefficient (Wildman–Crippen LogP) is 5.36. The van der Waals surface area contributed by atoms with Gasteiger partial charge in [0.2, 0.25) is 0 Å². The number of hydrogen-bond acceptors (Lipinski definition) is 6. The van der Waals surface area contributed by atoms with Crippen LogP contribution in [0.3, 0.4) is 0 Å². The fraction of sp³-hybridized carbons (Fsp3) is 0.320. The van der Waals surface area contributed by atoms with Crippen molar-refractivity contribution in [3.05, 3.63) is 59.8 Å². The molecule has 3 aromatic rings. The highest BCUT2D eigenvalue weighted by atomic mass is 19.4. The molecule has 1 atom stereocenters. The number of benzene rings is 2. The maximum atomic E-state index is 12.8. The number of methoxy groups -OCH3 is 1. The molecule has 2 aromatic carbocycles. The van der Waals surface area contributed by atoms with Gasteiger partial charge in [-0.2, -0.15) is 0 Å². The SMILES string of the molecule is COC(=O)C[C@@H](NC(=O)OC(C)(C)C)c1cccc(-n2c(C(=O)O)cc3ccc(OC(F)(F)F)cc32)c1. The second kappa shape index (κ2) is 10.4. The van der Waals surface area contributed by atoms with Gasteiger partial charge in [0.25, 0.3) is 0 Å². The van der Waals surface area contributed by atoms with Crippen molar-refractivity contribution in [3.63, 3.8) is 0 Å². The van der Waals surface area contributed by atoms with Crippen molar-refractivity contribution >= 4 is 28.9 Å². The van der Waals surface area contributed by atoms with E-state index >= 15 is 0 Å². The van der Waals surface area contributed by atoms with Crippen LogP contribution < -0.4 is 10.1 Å². The first-order valence-electron chi connectivity index (χ1n) is 11.0. The van der Waals surface area contributed by atoms with Gasteiger partial charge in [-0.25, -0.2) is 9.59 Å². The number of esters is 1. The molecular formula is C25H25F3N2O7. The number of hydrogen-bond donors (Lipinski definition) is 2. The lowest BCUT2D eigenvalue weighted by molar-refractivity contribution is -0.274. The maximum Gasteiger partial charge on any atom is 0.573 e. The number of alkyl carbamates (subject to hydrolysis) is 1. The van der Waals surface area contributed by atoms with E-state index in [0.29, 0.717) is 10.9 Å². The highest BCUT2D eigenvalue weighted by Gasteiger charge is 2.31. The topological polar surface area (TPSA) is 116 Å². The van der Waals surface area contributed by atoms with Crippen LogP contribution in [0.25, 0.3) is 16.6 Å². The van der Waals surface area contributed by atoms with Crippen LogP contribution in [0, 0.1) is 0 Å². The summed E-state index contributed by atoms with van der Waals surface area (Å²) in [7, 11) is 1.19. The first kappa shape index (κ1) is 27.4. The summed E-state index contributed by atoms with van der Waals surface area (Å²) in [5.41, 5.74) is -0.232. The molecule has 0 aliphatic carbocycles. The van der Waals surface area contributed by atoms with Gasteiger partial charge in [-0.15, -0.1) is 13.2 Å². The van der Waals surface area contributed by atoms with E-state index in [0.717, 1.165) is 12.1 Å². The van der Waals surface area contributed by atoms with Crippen molar-refractivity contribution in [3.8, 4) is 11.4 Å². The molecule has 198 valence electrons. The molecule has 0 spiro atoms. The third-order valence-corrected chi connectivity index (χ3v) is 5.05. The number of carboxylic acids is 1. The van der Waals surface area contributed by atoms with E-state index in [4.69, 9.17) is 9.47 Å². The number of carbonyl (C=O) groups is 3. The summed E-state index contributed by atoms with van der Waals surface area (Å²) in [5.74, 6) is -2.47. The van der Waals surface area contributed by atoms with E-state index in [9.17, 15) is 32.7 Å². The molecule has 1 heterocycles. The molecule has 3 rings (SSSR count). The number of fused-ring (bicyclic) bond motifs is 1. The number of carbonyl (C=O) groups excluding carboxylic acids is 2. The Balaban J connectivity index is 2.10. The molecule has 12 heteroatoms. The van der Waals surface area contributed by atoms with Crippen LogP contribution in [0.1, 0.15) is 49.3 Å². The molecule has 0 aliphatic heterocycles. The first-order chi connectivity index (χ1) is 17.2. The molecule has 0 saturated heterocycles. The van der Waals surface area contributed by atoms with E-state index in [2.05, 4.69) is 10.1 Å². The van der Waals surface area contributed by atoms with Crippen LogP contribution in [-0.4, -0.2) is 46.8 Å². The largest absolute Gasteiger partial charge is 0.573 e. The number of rotatable bonds is 7. The number of nitrogens with zero attached hydrogens (tertiary/aromatic N) is 1. The molecule has 0 fully saturated rings. The van der Waals surface area contributed by atoms with E-state index in [-0.39, 0.29) is 23.3 Å². The van der Waals surface area contributed by atoms with E-state index in [1.165, 1.54) is 35.9 Å². The van der Waals surface area contributed by atoms with Gasteiger partial charge in [0.15, 0.2) is 0 Å². The molecule has 1 aromatic heterocycles. The van der Waals surface area contributed by atoms with Gasteiger partial charge in [-0.3, -0.25) is 4.79 Å². The monoisotopic (exact) mass is 522 g/mol. The Morgan fingerprint density at radius 2 is 1.76 bits per heavy atom. The predicted molar refractivity (Wildman–Crippen MR) is 126 cm³/mol. The van der Waals surface area contributed by atoms with E-state index < -0.39 is 41.8 Å². The zero-order chi connectivity index (χ0) is 27.5. The number of ether oxygens (including phenoxy) is 3. The van der Waals surface area contributed by atoms with E-state index in [1.807, 2.05) is 0 Å². The molecule has 37 heavy (non-hydrogen) atoms. The second-order valence-electron chi connectivity index (χ2n) is 9.01. The summed E-state index contributed by atoms with van der Waals surface area (Å²) in [6.45, 7) is 5.01. The number of aromatic carboxylic acids is 1. The highest BCUT2D eigenvalue weighted by molar-refractivity contribution is 5.96. The lowest BCUT2D eigenvalue weighted by Gasteiger charge is -2.24. The van der Waals surface area contributed by atoms with Crippen molar-refractivity contribution in [1.29, 1.82) is 0 Å². The Labute approximate surface area is 209 Å². The highest BCUT2D eigenvalue weighted by Crippen LogP contribution is 2.32. The number of aromatic nitrogens is 1. The van der Waals surface area contributed by atoms with Gasteiger partial charge in [0, 0.05) is 17.1 Å². The molecule has 0 saturated carbocycles. The summed E-state index contributed by atoms with van der Waals surface area (Å²) in [4.78, 5) is 36.5. The number of nitrogens with one attached hydrogen (secondary N) is 1. The fourth-order valence-electron chi connectivity index (χ4n) is 3.65. The smallest absolute Gasteiger partial charge is 0.477 e. The van der Waals surface area contributed by atoms with Crippen LogP contribution in [0.15, 0.2) is 48.5 Å². The Morgan fingerprint density at radius 3 is 2.35 bits per heavy atom. The molecule has 9 nitrogen and oxygen atoms in total. The van der Waals surface area contributed by atoms with Crippen molar-refractivity contribution in [2.75, 3.05) is 7.11 Å². The third kappa shape index (κ3) is 7.15. The Kier molecular flexibility index (Phi) is 7.70. The van der Waals surface area contributed by atoms with Gasteiger partial charge in [-0.05, 0) is 56.7 Å². The van der Waals surface area contributed by atoms with Crippen molar-refractivity contribution in [2.24, 2.45) is 0 Å². The van der Waals surface area contributed by atoms with Crippen molar-refractivity contribution in [2.45, 2.75) is 45.2 Å².